The molecule has 7 heteroatoms. The zero-order chi connectivity index (χ0) is 10.9. The number of nitrogens with zero attached hydrogens (tertiary/aromatic N) is 1. The van der Waals surface area contributed by atoms with E-state index < -0.39 is 4.92 Å². The number of phenolic OH excluding ortho intramolecular Hbond substituents is 1. The number of rotatable bonds is 2. The predicted molar refractivity (Wildman–Crippen MR) is 56.7 cm³/mol. The number of halogens is 2. The van der Waals surface area contributed by atoms with Gasteiger partial charge in [0.25, 0.3) is 0 Å². The average molecular weight is 327 g/mol. The third-order valence-corrected chi connectivity index (χ3v) is 2.89. The molecule has 0 aliphatic heterocycles. The lowest BCUT2D eigenvalue weighted by Gasteiger charge is -2.06. The SMILES string of the molecule is COc1cc(Br)c([N+](=O)[O-])c(Br)c1O. The first kappa shape index (κ1) is 11.3. The Balaban J connectivity index is 3.49. The second kappa shape index (κ2) is 4.14. The van der Waals surface area contributed by atoms with Crippen LogP contribution in [0.15, 0.2) is 15.0 Å². The second-order valence-electron chi connectivity index (χ2n) is 2.33. The number of nitro benzene ring substituents is 1. The van der Waals surface area contributed by atoms with Gasteiger partial charge in [-0.05, 0) is 31.9 Å². The van der Waals surface area contributed by atoms with E-state index in [1.54, 1.807) is 0 Å². The van der Waals surface area contributed by atoms with Gasteiger partial charge in [0.05, 0.1) is 12.0 Å². The van der Waals surface area contributed by atoms with E-state index in [1.807, 2.05) is 0 Å². The molecule has 0 aliphatic rings. The maximum atomic E-state index is 10.6. The van der Waals surface area contributed by atoms with Crippen LogP contribution in [0.5, 0.6) is 11.5 Å². The van der Waals surface area contributed by atoms with Gasteiger partial charge in [-0.1, -0.05) is 0 Å². The molecule has 76 valence electrons. The van der Waals surface area contributed by atoms with Crippen molar-refractivity contribution >= 4 is 37.5 Å². The molecule has 1 aromatic carbocycles. The van der Waals surface area contributed by atoms with Gasteiger partial charge in [-0.3, -0.25) is 10.1 Å². The Morgan fingerprint density at radius 2 is 2.14 bits per heavy atom. The second-order valence-corrected chi connectivity index (χ2v) is 3.98. The molecular weight excluding hydrogens is 322 g/mol. The van der Waals surface area contributed by atoms with Crippen LogP contribution >= 0.6 is 31.9 Å². The first-order valence-electron chi connectivity index (χ1n) is 3.38. The van der Waals surface area contributed by atoms with Crippen LogP contribution in [0, 0.1) is 10.1 Å². The van der Waals surface area contributed by atoms with Crippen molar-refractivity contribution in [3.8, 4) is 11.5 Å². The van der Waals surface area contributed by atoms with Crippen molar-refractivity contribution in [1.82, 2.24) is 0 Å². The molecule has 0 fully saturated rings. The Hall–Kier alpha value is -0.820. The van der Waals surface area contributed by atoms with Gasteiger partial charge in [-0.2, -0.15) is 0 Å². The lowest BCUT2D eigenvalue weighted by atomic mass is 10.3. The molecule has 1 rings (SSSR count). The van der Waals surface area contributed by atoms with Gasteiger partial charge >= 0.3 is 5.69 Å². The van der Waals surface area contributed by atoms with Gasteiger partial charge in [-0.15, -0.1) is 0 Å². The Bertz CT molecular complexity index is 394. The summed E-state index contributed by atoms with van der Waals surface area (Å²) in [7, 11) is 1.36. The highest BCUT2D eigenvalue weighted by molar-refractivity contribution is 9.11. The van der Waals surface area contributed by atoms with E-state index in [1.165, 1.54) is 13.2 Å². The van der Waals surface area contributed by atoms with Gasteiger partial charge in [0, 0.05) is 6.07 Å². The lowest BCUT2D eigenvalue weighted by molar-refractivity contribution is -0.386. The molecule has 1 N–H and O–H groups in total. The summed E-state index contributed by atoms with van der Waals surface area (Å²) in [6.07, 6.45) is 0. The van der Waals surface area contributed by atoms with E-state index in [0.717, 1.165) is 0 Å². The molecule has 0 saturated heterocycles. The highest BCUT2D eigenvalue weighted by Gasteiger charge is 2.23. The Kier molecular flexibility index (Phi) is 3.33. The fraction of sp³-hybridized carbons (Fsp3) is 0.143. The number of hydrogen-bond donors (Lipinski definition) is 1. The summed E-state index contributed by atoms with van der Waals surface area (Å²) in [4.78, 5) is 9.98. The molecule has 0 heterocycles. The quantitative estimate of drug-likeness (QED) is 0.670. The molecule has 0 amide bonds. The van der Waals surface area contributed by atoms with Gasteiger partial charge in [-0.25, -0.2) is 0 Å². The Morgan fingerprint density at radius 1 is 1.57 bits per heavy atom. The van der Waals surface area contributed by atoms with Gasteiger partial charge in [0.1, 0.15) is 8.95 Å². The van der Waals surface area contributed by atoms with Crippen LogP contribution in [0.25, 0.3) is 0 Å². The monoisotopic (exact) mass is 325 g/mol. The van der Waals surface area contributed by atoms with Crippen molar-refractivity contribution in [1.29, 1.82) is 0 Å². The van der Waals surface area contributed by atoms with Crippen molar-refractivity contribution in [3.63, 3.8) is 0 Å². The van der Waals surface area contributed by atoms with Gasteiger partial charge < -0.3 is 9.84 Å². The largest absolute Gasteiger partial charge is 0.503 e. The molecule has 0 bridgehead atoms. The van der Waals surface area contributed by atoms with Crippen LogP contribution in [0.3, 0.4) is 0 Å². The number of benzene rings is 1. The summed E-state index contributed by atoms with van der Waals surface area (Å²) >= 11 is 5.93. The summed E-state index contributed by atoms with van der Waals surface area (Å²) in [5.41, 5.74) is -0.233. The molecule has 1 aromatic rings. The normalized spacial score (nSPS) is 9.93. The lowest BCUT2D eigenvalue weighted by Crippen LogP contribution is -1.93. The van der Waals surface area contributed by atoms with Crippen LogP contribution in [-0.4, -0.2) is 17.1 Å². The number of ether oxygens (including phenoxy) is 1. The van der Waals surface area contributed by atoms with Gasteiger partial charge in [0.2, 0.25) is 0 Å². The maximum absolute atomic E-state index is 10.6. The van der Waals surface area contributed by atoms with Gasteiger partial charge in [0.15, 0.2) is 11.5 Å². The maximum Gasteiger partial charge on any atom is 0.301 e. The molecule has 14 heavy (non-hydrogen) atoms. The summed E-state index contributed by atoms with van der Waals surface area (Å²) in [5, 5.41) is 20.0. The molecule has 0 aromatic heterocycles. The number of aromatic hydroxyl groups is 1. The van der Waals surface area contributed by atoms with Crippen LogP contribution in [0.1, 0.15) is 0 Å². The molecule has 0 aliphatic carbocycles. The third-order valence-electron chi connectivity index (χ3n) is 1.54. The summed E-state index contributed by atoms with van der Waals surface area (Å²) in [6.45, 7) is 0. The van der Waals surface area contributed by atoms with E-state index in [9.17, 15) is 15.2 Å². The van der Waals surface area contributed by atoms with Crippen molar-refractivity contribution < 1.29 is 14.8 Å². The van der Waals surface area contributed by atoms with Crippen LogP contribution in [0.2, 0.25) is 0 Å². The molecular formula is C7H5Br2NO4. The Morgan fingerprint density at radius 3 is 2.57 bits per heavy atom. The van der Waals surface area contributed by atoms with Crippen molar-refractivity contribution in [2.75, 3.05) is 7.11 Å². The molecule has 0 saturated carbocycles. The van der Waals surface area contributed by atoms with Crippen molar-refractivity contribution in [2.45, 2.75) is 0 Å². The predicted octanol–water partition coefficient (Wildman–Crippen LogP) is 2.83. The Labute approximate surface area is 96.1 Å². The third kappa shape index (κ3) is 1.83. The fourth-order valence-electron chi connectivity index (χ4n) is 0.900. The zero-order valence-electron chi connectivity index (χ0n) is 6.95. The molecule has 0 unspecified atom stereocenters. The molecule has 0 spiro atoms. The minimum absolute atomic E-state index is 0.00581. The number of hydrogen-bond acceptors (Lipinski definition) is 4. The van der Waals surface area contributed by atoms with Crippen molar-refractivity contribution in [3.05, 3.63) is 25.1 Å². The van der Waals surface area contributed by atoms with Crippen LogP contribution in [-0.2, 0) is 0 Å². The smallest absolute Gasteiger partial charge is 0.301 e. The van der Waals surface area contributed by atoms with Crippen molar-refractivity contribution in [2.24, 2.45) is 0 Å². The van der Waals surface area contributed by atoms with E-state index >= 15 is 0 Å². The van der Waals surface area contributed by atoms with E-state index in [4.69, 9.17) is 4.74 Å². The fourth-order valence-corrected chi connectivity index (χ4v) is 2.27. The van der Waals surface area contributed by atoms with E-state index in [2.05, 4.69) is 31.9 Å². The average Bonchev–Trinajstić information content (AvgIpc) is 2.10. The minimum Gasteiger partial charge on any atom is -0.503 e. The van der Waals surface area contributed by atoms with Crippen LogP contribution in [0.4, 0.5) is 5.69 Å². The van der Waals surface area contributed by atoms with E-state index in [0.29, 0.717) is 0 Å². The standard InChI is InChI=1S/C7H5Br2NO4/c1-14-4-2-3(8)6(10(12)13)5(9)7(4)11/h2,11H,1H3. The van der Waals surface area contributed by atoms with Crippen LogP contribution < -0.4 is 4.74 Å². The molecule has 5 nitrogen and oxygen atoms in total. The van der Waals surface area contributed by atoms with E-state index in [-0.39, 0.29) is 26.1 Å². The highest BCUT2D eigenvalue weighted by atomic mass is 79.9. The molecule has 0 radical (unpaired) electrons. The topological polar surface area (TPSA) is 72.6 Å². The highest BCUT2D eigenvalue weighted by Crippen LogP contribution is 2.45. The molecule has 0 atom stereocenters. The summed E-state index contributed by atoms with van der Waals surface area (Å²) in [6, 6.07) is 1.33. The summed E-state index contributed by atoms with van der Waals surface area (Å²) < 4.78 is 5.04. The first-order chi connectivity index (χ1) is 6.49. The summed E-state index contributed by atoms with van der Waals surface area (Å²) in [5.74, 6) is -0.128. The zero-order valence-corrected chi connectivity index (χ0v) is 10.1. The number of nitro groups is 1. The minimum atomic E-state index is -0.604. The number of methoxy groups -OCH3 is 1. The first-order valence-corrected chi connectivity index (χ1v) is 4.97. The number of phenols is 1.